The fourth-order valence-electron chi connectivity index (χ4n) is 4.72. The molecule has 2 aromatic heterocycles. The Morgan fingerprint density at radius 1 is 1.09 bits per heavy atom. The molecule has 5 rings (SSSR count). The van der Waals surface area contributed by atoms with E-state index >= 15 is 0 Å². The van der Waals surface area contributed by atoms with E-state index in [0.717, 1.165) is 23.0 Å². The number of carbonyl (C=O) groups excluding carboxylic acids is 2. The van der Waals surface area contributed by atoms with Crippen molar-refractivity contribution in [1.82, 2.24) is 20.1 Å². The summed E-state index contributed by atoms with van der Waals surface area (Å²) in [6.07, 6.45) is -0.688. The number of likely N-dealkylation sites (tertiary alicyclic amines) is 1. The van der Waals surface area contributed by atoms with Gasteiger partial charge in [-0.15, -0.1) is 0 Å². The predicted octanol–water partition coefficient (Wildman–Crippen LogP) is 6.75. The first-order chi connectivity index (χ1) is 20.4. The molecule has 4 aromatic rings. The Bertz CT molecular complexity index is 1630. The highest BCUT2D eigenvalue weighted by atomic mass is 19.4. The minimum atomic E-state index is -4.69. The van der Waals surface area contributed by atoms with E-state index in [1.54, 1.807) is 45.2 Å². The van der Waals surface area contributed by atoms with Gasteiger partial charge < -0.3 is 25.0 Å². The second-order valence-corrected chi connectivity index (χ2v) is 11.2. The number of aromatic nitrogens is 3. The molecule has 0 spiro atoms. The zero-order valence-corrected chi connectivity index (χ0v) is 23.8. The average molecular weight is 597 g/mol. The number of pyridine rings is 1. The third-order valence-electron chi connectivity index (χ3n) is 6.70. The third-order valence-corrected chi connectivity index (χ3v) is 6.70. The molecule has 0 radical (unpaired) electrons. The number of halogens is 3. The van der Waals surface area contributed by atoms with Gasteiger partial charge in [-0.3, -0.25) is 9.89 Å². The van der Waals surface area contributed by atoms with Gasteiger partial charge in [-0.1, -0.05) is 0 Å². The largest absolute Gasteiger partial charge is 0.491 e. The molecular formula is C30H31F3N6O4. The number of H-pyrrole nitrogens is 1. The highest BCUT2D eigenvalue weighted by Gasteiger charge is 2.34. The zero-order chi connectivity index (χ0) is 30.8. The van der Waals surface area contributed by atoms with Crippen molar-refractivity contribution in [2.75, 3.05) is 23.8 Å². The molecule has 3 N–H and O–H groups in total. The van der Waals surface area contributed by atoms with Crippen LogP contribution < -0.4 is 15.4 Å². The first-order valence-corrected chi connectivity index (χ1v) is 13.7. The Labute approximate surface area is 245 Å². The number of nitrogens with one attached hydrogen (secondary N) is 3. The molecule has 13 heteroatoms. The molecule has 226 valence electrons. The van der Waals surface area contributed by atoms with Crippen molar-refractivity contribution in [1.29, 1.82) is 0 Å². The Kier molecular flexibility index (Phi) is 8.16. The molecule has 0 unspecified atom stereocenters. The van der Waals surface area contributed by atoms with Crippen LogP contribution in [-0.2, 0) is 10.9 Å². The van der Waals surface area contributed by atoms with Crippen molar-refractivity contribution in [2.45, 2.75) is 51.4 Å². The number of nitrogens with zero attached hydrogens (tertiary/aromatic N) is 3. The number of carbonyl (C=O) groups is 2. The molecule has 2 aromatic carbocycles. The monoisotopic (exact) mass is 596 g/mol. The Balaban J connectivity index is 1.33. The number of ether oxygens (including phenoxy) is 2. The summed E-state index contributed by atoms with van der Waals surface area (Å²) in [5.74, 6) is -0.556. The van der Waals surface area contributed by atoms with Crippen LogP contribution in [0.1, 0.15) is 49.5 Å². The lowest BCUT2D eigenvalue weighted by atomic mass is 10.1. The number of hydrogen-bond acceptors (Lipinski definition) is 7. The van der Waals surface area contributed by atoms with E-state index in [1.807, 2.05) is 6.07 Å². The van der Waals surface area contributed by atoms with Crippen LogP contribution >= 0.6 is 0 Å². The highest BCUT2D eigenvalue weighted by Crippen LogP contribution is 2.35. The van der Waals surface area contributed by atoms with Gasteiger partial charge in [-0.2, -0.15) is 18.3 Å². The van der Waals surface area contributed by atoms with Crippen LogP contribution in [0.25, 0.3) is 10.9 Å². The standard InChI is InChI=1S/C30H31F3N6O4/c1-29(2,3)43-28(41)39-11-5-6-22(39)17-42-23-13-19(30(31,32)33)12-21(14-23)37-27(40)24-7-4-10-34-26(24)36-20-9-8-18-16-35-38-25(18)15-20/h4,7-10,12-16,22H,5-6,11,17H2,1-3H3,(H,34,36)(H,35,38)(H,37,40)/t22-/m0/s1. The van der Waals surface area contributed by atoms with Crippen LogP contribution in [0.2, 0.25) is 0 Å². The maximum Gasteiger partial charge on any atom is 0.416 e. The molecule has 3 heterocycles. The molecule has 1 saturated heterocycles. The number of rotatable bonds is 7. The van der Waals surface area contributed by atoms with Crippen LogP contribution in [0.3, 0.4) is 0 Å². The van der Waals surface area contributed by atoms with E-state index in [-0.39, 0.29) is 35.5 Å². The number of alkyl halides is 3. The number of hydrogen-bond donors (Lipinski definition) is 3. The van der Waals surface area contributed by atoms with Gasteiger partial charge in [0.05, 0.1) is 28.9 Å². The third kappa shape index (κ3) is 7.34. The Morgan fingerprint density at radius 2 is 1.91 bits per heavy atom. The van der Waals surface area contributed by atoms with E-state index in [4.69, 9.17) is 9.47 Å². The van der Waals surface area contributed by atoms with Crippen molar-refractivity contribution in [3.05, 3.63) is 72.1 Å². The molecule has 1 aliphatic heterocycles. The normalized spacial score (nSPS) is 15.4. The number of benzene rings is 2. The van der Waals surface area contributed by atoms with Gasteiger partial charge in [0, 0.05) is 35.6 Å². The number of anilines is 3. The lowest BCUT2D eigenvalue weighted by molar-refractivity contribution is -0.137. The van der Waals surface area contributed by atoms with E-state index in [0.29, 0.717) is 25.1 Å². The second kappa shape index (κ2) is 11.8. The number of fused-ring (bicyclic) bond motifs is 1. The summed E-state index contributed by atoms with van der Waals surface area (Å²) >= 11 is 0. The fraction of sp³-hybridized carbons (Fsp3) is 0.333. The quantitative estimate of drug-likeness (QED) is 0.216. The molecule has 0 saturated carbocycles. The SMILES string of the molecule is CC(C)(C)OC(=O)N1CCC[C@H]1COc1cc(NC(=O)c2cccnc2Nc2ccc3cn[nH]c3c2)cc(C(F)(F)F)c1. The summed E-state index contributed by atoms with van der Waals surface area (Å²) in [6.45, 7) is 5.70. The Hall–Kier alpha value is -4.81. The summed E-state index contributed by atoms with van der Waals surface area (Å²) in [5, 5.41) is 13.4. The molecule has 1 fully saturated rings. The lowest BCUT2D eigenvalue weighted by Crippen LogP contribution is -2.42. The predicted molar refractivity (Wildman–Crippen MR) is 154 cm³/mol. The van der Waals surface area contributed by atoms with Gasteiger partial charge in [0.25, 0.3) is 5.91 Å². The van der Waals surface area contributed by atoms with Crippen LogP contribution in [-0.4, -0.2) is 56.9 Å². The molecule has 10 nitrogen and oxygen atoms in total. The van der Waals surface area contributed by atoms with Crippen molar-refractivity contribution in [3.8, 4) is 5.75 Å². The van der Waals surface area contributed by atoms with Crippen LogP contribution in [0.15, 0.2) is 60.9 Å². The van der Waals surface area contributed by atoms with Gasteiger partial charge in [-0.25, -0.2) is 9.78 Å². The average Bonchev–Trinajstić information content (AvgIpc) is 3.60. The van der Waals surface area contributed by atoms with Gasteiger partial charge in [0.15, 0.2) is 0 Å². The van der Waals surface area contributed by atoms with E-state index in [2.05, 4.69) is 25.8 Å². The van der Waals surface area contributed by atoms with Gasteiger partial charge >= 0.3 is 12.3 Å². The summed E-state index contributed by atoms with van der Waals surface area (Å²) in [4.78, 5) is 31.7. The van der Waals surface area contributed by atoms with Gasteiger partial charge in [-0.05, 0) is 76.1 Å². The zero-order valence-electron chi connectivity index (χ0n) is 23.8. The van der Waals surface area contributed by atoms with Crippen LogP contribution in [0, 0.1) is 0 Å². The summed E-state index contributed by atoms with van der Waals surface area (Å²) < 4.78 is 52.6. The maximum atomic E-state index is 13.8. The van der Waals surface area contributed by atoms with E-state index in [1.165, 1.54) is 23.2 Å². The smallest absolute Gasteiger partial charge is 0.416 e. The first-order valence-electron chi connectivity index (χ1n) is 13.7. The summed E-state index contributed by atoms with van der Waals surface area (Å²) in [6, 6.07) is 11.1. The number of amides is 2. The Morgan fingerprint density at radius 3 is 2.67 bits per heavy atom. The second-order valence-electron chi connectivity index (χ2n) is 11.2. The maximum absolute atomic E-state index is 13.8. The first kappa shape index (κ1) is 29.7. The number of aromatic amines is 1. The van der Waals surface area contributed by atoms with Crippen LogP contribution in [0.5, 0.6) is 5.75 Å². The molecule has 43 heavy (non-hydrogen) atoms. The van der Waals surface area contributed by atoms with Gasteiger partial charge in [0.1, 0.15) is 23.8 Å². The van der Waals surface area contributed by atoms with Crippen LogP contribution in [0.4, 0.5) is 35.2 Å². The van der Waals surface area contributed by atoms with Crippen molar-refractivity contribution in [3.63, 3.8) is 0 Å². The lowest BCUT2D eigenvalue weighted by Gasteiger charge is -2.28. The molecule has 2 amide bonds. The highest BCUT2D eigenvalue weighted by molar-refractivity contribution is 6.08. The topological polar surface area (TPSA) is 121 Å². The molecule has 1 atom stereocenters. The minimum absolute atomic E-state index is 0.0364. The van der Waals surface area contributed by atoms with E-state index < -0.39 is 29.3 Å². The molecular weight excluding hydrogens is 565 g/mol. The molecule has 0 bridgehead atoms. The summed E-state index contributed by atoms with van der Waals surface area (Å²) in [5.41, 5.74) is -0.268. The molecule has 0 aliphatic carbocycles. The molecule has 1 aliphatic rings. The fourth-order valence-corrected chi connectivity index (χ4v) is 4.72. The summed E-state index contributed by atoms with van der Waals surface area (Å²) in [7, 11) is 0. The van der Waals surface area contributed by atoms with Crippen molar-refractivity contribution >= 4 is 40.1 Å². The minimum Gasteiger partial charge on any atom is -0.491 e. The van der Waals surface area contributed by atoms with Gasteiger partial charge in [0.2, 0.25) is 0 Å². The van der Waals surface area contributed by atoms with Crippen molar-refractivity contribution < 1.29 is 32.2 Å². The van der Waals surface area contributed by atoms with E-state index in [9.17, 15) is 22.8 Å². The van der Waals surface area contributed by atoms with Crippen molar-refractivity contribution in [2.24, 2.45) is 0 Å².